The number of hydrogen-bond donors (Lipinski definition) is 17. The van der Waals surface area contributed by atoms with Crippen LogP contribution in [-0.2, 0) is 60.8 Å². The summed E-state index contributed by atoms with van der Waals surface area (Å²) in [5.74, 6) is -8.97. The summed E-state index contributed by atoms with van der Waals surface area (Å²) < 4.78 is 0. The number of likely N-dealkylation sites (tertiary alicyclic amines) is 2. The lowest BCUT2D eigenvalue weighted by molar-refractivity contribution is -0.148. The van der Waals surface area contributed by atoms with Gasteiger partial charge in [-0.1, -0.05) is 38.1 Å². The zero-order chi connectivity index (χ0) is 62.5. The molecule has 9 amide bonds. The Labute approximate surface area is 492 Å². The zero-order valence-corrected chi connectivity index (χ0v) is 48.9. The van der Waals surface area contributed by atoms with Gasteiger partial charge in [0.1, 0.15) is 59.8 Å². The fourth-order valence-electron chi connectivity index (χ4n) is 9.82. The van der Waals surface area contributed by atoms with Crippen molar-refractivity contribution in [3.8, 4) is 11.5 Å². The minimum Gasteiger partial charge on any atom is -0.508 e. The second-order valence-corrected chi connectivity index (χ2v) is 21.7. The number of aliphatic hydroxyl groups excluding tert-OH is 3. The molecule has 2 saturated heterocycles. The smallest absolute Gasteiger partial charge is 0.246 e. The molecule has 0 saturated carbocycles. The van der Waals surface area contributed by atoms with E-state index in [0.717, 1.165) is 0 Å². The highest BCUT2D eigenvalue weighted by atomic mass is 32.1. The molecule has 0 spiro atoms. The van der Waals surface area contributed by atoms with E-state index in [-0.39, 0.29) is 86.7 Å². The van der Waals surface area contributed by atoms with Crippen LogP contribution in [0.4, 0.5) is 0 Å². The van der Waals surface area contributed by atoms with Crippen molar-refractivity contribution >= 4 is 77.5 Å². The number of phenolic OH excluding ortho intramolecular Hbond substituents is 2. The van der Waals surface area contributed by atoms with Gasteiger partial charge in [0.15, 0.2) is 11.7 Å². The number of benzene rings is 2. The molecule has 4 rings (SSSR count). The van der Waals surface area contributed by atoms with Gasteiger partial charge in [-0.25, -0.2) is 0 Å². The summed E-state index contributed by atoms with van der Waals surface area (Å²) in [4.78, 5) is 140. The van der Waals surface area contributed by atoms with Crippen molar-refractivity contribution in [3.05, 3.63) is 59.7 Å². The number of amides is 9. The highest BCUT2D eigenvalue weighted by Gasteiger charge is 2.45. The topological polar surface area (TPSA) is 436 Å². The SMILES string of the molecule is CN[C@@H](CCCNC(=N)N)C(=O)N[C@@H](Cc1ccc(O)cc1)C(=O)NC(C(=O)N[C@@H](CO)C(=O)N[C@@H](CS)C(=O)N1CCC[C@H]1C(=O)N1CCC[C@H]1C(=O)N[C@@H](Cc1ccc(O)cc1)C(=O)NC(C(=O)NC(C(C)=O)C(C)C)[C@@H](C)O)[C@@H](C)O. The maximum absolute atomic E-state index is 14.5. The number of Topliss-reactive ketones (excluding diaryl/α,β-unsaturated/α-hetero) is 1. The van der Waals surface area contributed by atoms with Crippen molar-refractivity contribution in [3.63, 3.8) is 0 Å². The van der Waals surface area contributed by atoms with Crippen LogP contribution < -0.4 is 53.6 Å². The van der Waals surface area contributed by atoms with Gasteiger partial charge in [-0.05, 0) is 108 Å². The number of carbonyl (C=O) groups excluding carboxylic acids is 10. The summed E-state index contributed by atoms with van der Waals surface area (Å²) in [6.45, 7) is 6.55. The number of aromatic hydroxyl groups is 2. The predicted octanol–water partition coefficient (Wildman–Crippen LogP) is -3.96. The fraction of sp³-hybridized carbons (Fsp3) is 0.582. The summed E-state index contributed by atoms with van der Waals surface area (Å²) in [6.07, 6.45) is -1.69. The Morgan fingerprint density at radius 1 is 0.619 bits per heavy atom. The number of ketones is 1. The maximum Gasteiger partial charge on any atom is 0.246 e. The second-order valence-electron chi connectivity index (χ2n) is 21.3. The maximum atomic E-state index is 14.5. The number of thiol groups is 1. The molecule has 464 valence electrons. The van der Waals surface area contributed by atoms with E-state index in [0.29, 0.717) is 30.4 Å². The first-order valence-electron chi connectivity index (χ1n) is 27.8. The largest absolute Gasteiger partial charge is 0.508 e. The van der Waals surface area contributed by atoms with E-state index in [1.807, 2.05) is 0 Å². The number of aliphatic hydroxyl groups is 3. The van der Waals surface area contributed by atoms with Crippen molar-refractivity contribution < 1.29 is 73.5 Å². The number of nitrogens with two attached hydrogens (primary N) is 1. The second kappa shape index (κ2) is 33.0. The monoisotopic (exact) mass is 1200 g/mol. The number of phenols is 2. The van der Waals surface area contributed by atoms with E-state index < -0.39 is 132 Å². The van der Waals surface area contributed by atoms with Crippen LogP contribution in [0.15, 0.2) is 48.5 Å². The number of hydrogen-bond acceptors (Lipinski definition) is 18. The number of guanidine groups is 1. The minimum atomic E-state index is -1.77. The van der Waals surface area contributed by atoms with Gasteiger partial charge in [0.25, 0.3) is 0 Å². The van der Waals surface area contributed by atoms with Crippen molar-refractivity contribution in [2.24, 2.45) is 11.7 Å². The molecule has 0 aromatic heterocycles. The minimum absolute atomic E-state index is 0.0513. The van der Waals surface area contributed by atoms with Gasteiger partial charge in [0.2, 0.25) is 53.2 Å². The van der Waals surface area contributed by atoms with E-state index in [2.05, 4.69) is 60.5 Å². The van der Waals surface area contributed by atoms with Gasteiger partial charge in [-0.15, -0.1) is 0 Å². The lowest BCUT2D eigenvalue weighted by Gasteiger charge is -2.33. The molecule has 0 aliphatic carbocycles. The van der Waals surface area contributed by atoms with Crippen LogP contribution >= 0.6 is 12.6 Å². The summed E-state index contributed by atoms with van der Waals surface area (Å²) in [7, 11) is 1.53. The van der Waals surface area contributed by atoms with Crippen molar-refractivity contribution in [2.75, 3.05) is 39.0 Å². The van der Waals surface area contributed by atoms with Crippen LogP contribution in [0.1, 0.15) is 84.3 Å². The molecule has 28 nitrogen and oxygen atoms in total. The molecule has 2 aromatic rings. The predicted molar refractivity (Wildman–Crippen MR) is 308 cm³/mol. The summed E-state index contributed by atoms with van der Waals surface area (Å²) in [5.41, 5.74) is 6.33. The Kier molecular flexibility index (Phi) is 27.1. The first-order valence-corrected chi connectivity index (χ1v) is 28.5. The van der Waals surface area contributed by atoms with Crippen molar-refractivity contribution in [1.29, 1.82) is 5.41 Å². The van der Waals surface area contributed by atoms with E-state index in [4.69, 9.17) is 11.1 Å². The highest BCUT2D eigenvalue weighted by Crippen LogP contribution is 2.26. The molecule has 2 aromatic carbocycles. The van der Waals surface area contributed by atoms with E-state index in [9.17, 15) is 73.5 Å². The molecule has 17 N–H and O–H groups in total. The normalized spacial score (nSPS) is 18.5. The lowest BCUT2D eigenvalue weighted by Crippen LogP contribution is -2.62. The highest BCUT2D eigenvalue weighted by molar-refractivity contribution is 7.80. The third-order valence-corrected chi connectivity index (χ3v) is 14.8. The van der Waals surface area contributed by atoms with E-state index in [1.165, 1.54) is 86.1 Å². The van der Waals surface area contributed by atoms with Gasteiger partial charge in [-0.2, -0.15) is 12.6 Å². The summed E-state index contributed by atoms with van der Waals surface area (Å²) in [6, 6.07) is -1.77. The molecule has 2 fully saturated rings. The molecule has 3 unspecified atom stereocenters. The van der Waals surface area contributed by atoms with Crippen molar-refractivity contribution in [1.82, 2.24) is 57.7 Å². The van der Waals surface area contributed by atoms with E-state index >= 15 is 0 Å². The molecule has 29 heteroatoms. The van der Waals surface area contributed by atoms with Gasteiger partial charge in [-0.3, -0.25) is 53.4 Å². The Morgan fingerprint density at radius 2 is 1.06 bits per heavy atom. The summed E-state index contributed by atoms with van der Waals surface area (Å²) in [5, 5.41) is 82.0. The van der Waals surface area contributed by atoms with Crippen LogP contribution in [0.3, 0.4) is 0 Å². The molecule has 2 heterocycles. The number of rotatable bonds is 31. The standard InChI is InChI=1S/C55H83N13O15S/c1-28(2)43(29(3)70)64-52(81)45(31(5)72)66-48(77)38(25-33-15-19-35(74)20-16-33)61-50(79)41-11-8-22-67(41)54(83)42-12-9-23-68(42)53(82)40(27-84)63-49(78)39(26-69)62-51(80)44(30(4)71)65-47(76)37(24-32-13-17-34(73)18-14-32)60-46(75)36(58-6)10-7-21-59-55(56)57/h13-20,28,30-31,36-45,58,69,71-74,84H,7-12,21-27H2,1-6H3,(H,60,75)(H,61,79)(H,62,80)(H,63,78)(H,64,81)(H,65,76)(H,66,77)(H4,56,57,59)/t30-,31-,36+,37+,38+,39+,40+,41+,42+,43?,44?,45?/m1/s1. The van der Waals surface area contributed by atoms with Gasteiger partial charge in [0, 0.05) is 38.2 Å². The quantitative estimate of drug-likeness (QED) is 0.0148. The first kappa shape index (κ1) is 68.9. The Bertz CT molecular complexity index is 2630. The van der Waals surface area contributed by atoms with Crippen LogP contribution in [-0.4, -0.2) is 212 Å². The zero-order valence-electron chi connectivity index (χ0n) is 48.1. The Hall–Kier alpha value is -7.60. The first-order chi connectivity index (χ1) is 39.7. The molecule has 2 aliphatic heterocycles. The molecular weight excluding hydrogens is 1110 g/mol. The molecule has 0 bridgehead atoms. The fourth-order valence-corrected chi connectivity index (χ4v) is 10.1. The Morgan fingerprint density at radius 3 is 1.52 bits per heavy atom. The molecule has 0 radical (unpaired) electrons. The van der Waals surface area contributed by atoms with Crippen LogP contribution in [0, 0.1) is 11.3 Å². The van der Waals surface area contributed by atoms with Gasteiger partial charge < -0.3 is 88.9 Å². The van der Waals surface area contributed by atoms with Crippen LogP contribution in [0.2, 0.25) is 0 Å². The van der Waals surface area contributed by atoms with Gasteiger partial charge >= 0.3 is 0 Å². The average Bonchev–Trinajstić information content (AvgIpc) is 4.25. The molecule has 84 heavy (non-hydrogen) atoms. The molecule has 2 aliphatic rings. The molecular formula is C55H83N13O15S. The van der Waals surface area contributed by atoms with Crippen LogP contribution in [0.25, 0.3) is 0 Å². The van der Waals surface area contributed by atoms with E-state index in [1.54, 1.807) is 13.8 Å². The third-order valence-electron chi connectivity index (χ3n) is 14.5. The van der Waals surface area contributed by atoms with Crippen molar-refractivity contribution in [2.45, 2.75) is 159 Å². The Balaban J connectivity index is 1.46. The summed E-state index contributed by atoms with van der Waals surface area (Å²) >= 11 is 4.29. The van der Waals surface area contributed by atoms with Crippen LogP contribution in [0.5, 0.6) is 11.5 Å². The molecule has 12 atom stereocenters. The number of nitrogens with one attached hydrogen (secondary N) is 10. The third kappa shape index (κ3) is 20.0. The number of carbonyl (C=O) groups is 10. The number of likely N-dealkylation sites (N-methyl/N-ethyl adjacent to an activating group) is 1. The average molecular weight is 1200 g/mol. The van der Waals surface area contributed by atoms with Gasteiger partial charge in [0.05, 0.1) is 30.9 Å². The number of nitrogens with zero attached hydrogens (tertiary/aromatic N) is 2. The lowest BCUT2D eigenvalue weighted by atomic mass is 9.99.